The molecule has 1 heterocycles. The summed E-state index contributed by atoms with van der Waals surface area (Å²) in [5.74, 6) is 0. The highest BCUT2D eigenvalue weighted by Gasteiger charge is 2.11. The van der Waals surface area contributed by atoms with E-state index >= 15 is 0 Å². The van der Waals surface area contributed by atoms with Gasteiger partial charge in [-0.3, -0.25) is 0 Å². The Kier molecular flexibility index (Phi) is 3.50. The van der Waals surface area contributed by atoms with Crippen LogP contribution < -0.4 is 5.32 Å². The summed E-state index contributed by atoms with van der Waals surface area (Å²) < 4.78 is 1.94. The van der Waals surface area contributed by atoms with Crippen LogP contribution in [0.4, 0.5) is 0 Å². The highest BCUT2D eigenvalue weighted by Crippen LogP contribution is 2.24. The number of nitrogens with zero attached hydrogens (tertiary/aromatic N) is 2. The highest BCUT2D eigenvalue weighted by atomic mass is 35.5. The molecular formula is C13H16ClN3. The zero-order chi connectivity index (χ0) is 12.4. The topological polar surface area (TPSA) is 29.9 Å². The Morgan fingerprint density at radius 3 is 2.71 bits per heavy atom. The first-order chi connectivity index (χ1) is 8.13. The lowest BCUT2D eigenvalue weighted by molar-refractivity contribution is 0.775. The average molecular weight is 250 g/mol. The van der Waals surface area contributed by atoms with Crippen molar-refractivity contribution < 1.29 is 0 Å². The van der Waals surface area contributed by atoms with Crippen molar-refractivity contribution in [3.8, 4) is 5.69 Å². The van der Waals surface area contributed by atoms with Crippen molar-refractivity contribution in [3.05, 3.63) is 46.2 Å². The molecule has 0 aliphatic carbocycles. The van der Waals surface area contributed by atoms with Crippen molar-refractivity contribution in [1.29, 1.82) is 0 Å². The lowest BCUT2D eigenvalue weighted by Gasteiger charge is -2.12. The van der Waals surface area contributed by atoms with E-state index in [2.05, 4.69) is 16.5 Å². The first-order valence-corrected chi connectivity index (χ1v) is 5.97. The fraction of sp³-hybridized carbons (Fsp3) is 0.308. The monoisotopic (exact) mass is 249 g/mol. The van der Waals surface area contributed by atoms with Crippen LogP contribution in [0.3, 0.4) is 0 Å². The van der Waals surface area contributed by atoms with Crippen LogP contribution in [0.25, 0.3) is 5.69 Å². The van der Waals surface area contributed by atoms with Crippen molar-refractivity contribution in [2.24, 2.45) is 0 Å². The van der Waals surface area contributed by atoms with Gasteiger partial charge in [-0.25, -0.2) is 4.68 Å². The van der Waals surface area contributed by atoms with E-state index in [1.165, 1.54) is 0 Å². The number of aryl methyl sites for hydroxylation is 2. The summed E-state index contributed by atoms with van der Waals surface area (Å²) in [6.07, 6.45) is 0. The van der Waals surface area contributed by atoms with Gasteiger partial charge in [0, 0.05) is 22.8 Å². The molecule has 2 rings (SSSR count). The summed E-state index contributed by atoms with van der Waals surface area (Å²) in [5, 5.41) is 8.40. The average Bonchev–Trinajstić information content (AvgIpc) is 2.61. The van der Waals surface area contributed by atoms with E-state index in [1.807, 2.05) is 43.8 Å². The van der Waals surface area contributed by atoms with Crippen molar-refractivity contribution in [2.75, 3.05) is 7.05 Å². The first kappa shape index (κ1) is 12.1. The third kappa shape index (κ3) is 2.35. The van der Waals surface area contributed by atoms with Crippen molar-refractivity contribution >= 4 is 11.6 Å². The van der Waals surface area contributed by atoms with Crippen LogP contribution in [0.15, 0.2) is 24.3 Å². The van der Waals surface area contributed by atoms with E-state index in [-0.39, 0.29) is 0 Å². The fourth-order valence-electron chi connectivity index (χ4n) is 1.97. The van der Waals surface area contributed by atoms with Crippen molar-refractivity contribution in [1.82, 2.24) is 15.1 Å². The Morgan fingerprint density at radius 2 is 2.12 bits per heavy atom. The summed E-state index contributed by atoms with van der Waals surface area (Å²) in [7, 11) is 1.91. The van der Waals surface area contributed by atoms with Crippen molar-refractivity contribution in [3.63, 3.8) is 0 Å². The summed E-state index contributed by atoms with van der Waals surface area (Å²) in [6, 6.07) is 7.96. The molecule has 1 aromatic carbocycles. The Balaban J connectivity index is 2.58. The Hall–Kier alpha value is -1.32. The molecule has 1 aromatic heterocycles. The largest absolute Gasteiger partial charge is 0.316 e. The molecular weight excluding hydrogens is 234 g/mol. The van der Waals surface area contributed by atoms with Gasteiger partial charge in [-0.05, 0) is 39.1 Å². The van der Waals surface area contributed by atoms with Crippen molar-refractivity contribution in [2.45, 2.75) is 20.4 Å². The van der Waals surface area contributed by atoms with Gasteiger partial charge in [0.2, 0.25) is 0 Å². The normalized spacial score (nSPS) is 10.8. The van der Waals surface area contributed by atoms with E-state index < -0.39 is 0 Å². The Morgan fingerprint density at radius 1 is 1.35 bits per heavy atom. The predicted molar refractivity (Wildman–Crippen MR) is 70.8 cm³/mol. The van der Waals surface area contributed by atoms with Crippen LogP contribution >= 0.6 is 11.6 Å². The summed E-state index contributed by atoms with van der Waals surface area (Å²) in [5.41, 5.74) is 4.24. The molecule has 0 aliphatic rings. The Bertz CT molecular complexity index is 531. The van der Waals surface area contributed by atoms with E-state index in [9.17, 15) is 0 Å². The van der Waals surface area contributed by atoms with Crippen LogP contribution in [0, 0.1) is 13.8 Å². The Labute approximate surface area is 106 Å². The lowest BCUT2D eigenvalue weighted by Crippen LogP contribution is -2.11. The summed E-state index contributed by atoms with van der Waals surface area (Å²) in [6.45, 7) is 4.77. The molecule has 90 valence electrons. The molecule has 0 amide bonds. The van der Waals surface area contributed by atoms with Gasteiger partial charge in [-0.15, -0.1) is 0 Å². The molecule has 3 nitrogen and oxygen atoms in total. The minimum Gasteiger partial charge on any atom is -0.316 e. The summed E-state index contributed by atoms with van der Waals surface area (Å²) >= 11 is 6.24. The van der Waals surface area contributed by atoms with Gasteiger partial charge < -0.3 is 5.32 Å². The maximum atomic E-state index is 6.24. The smallest absolute Gasteiger partial charge is 0.0708 e. The second kappa shape index (κ2) is 4.90. The van der Waals surface area contributed by atoms with Gasteiger partial charge >= 0.3 is 0 Å². The SMILES string of the molecule is CNCc1c(Cl)cccc1-n1nc(C)cc1C. The standard InChI is InChI=1S/C13H16ClN3/c1-9-7-10(2)17(16-9)13-6-4-5-12(14)11(13)8-15-3/h4-7,15H,8H2,1-3H3. The minimum absolute atomic E-state index is 0.730. The fourth-order valence-corrected chi connectivity index (χ4v) is 2.21. The number of benzene rings is 1. The number of hydrogen-bond acceptors (Lipinski definition) is 2. The second-order valence-corrected chi connectivity index (χ2v) is 4.51. The van der Waals surface area contributed by atoms with Gasteiger partial charge in [0.1, 0.15) is 0 Å². The molecule has 0 saturated carbocycles. The van der Waals surface area contributed by atoms with E-state index in [0.29, 0.717) is 0 Å². The number of aromatic nitrogens is 2. The third-order valence-corrected chi connectivity index (χ3v) is 3.04. The second-order valence-electron chi connectivity index (χ2n) is 4.11. The molecule has 2 aromatic rings. The predicted octanol–water partition coefficient (Wildman–Crippen LogP) is 2.86. The van der Waals surface area contributed by atoms with Crippen LogP contribution in [-0.2, 0) is 6.54 Å². The van der Waals surface area contributed by atoms with Crippen LogP contribution in [0.2, 0.25) is 5.02 Å². The van der Waals surface area contributed by atoms with E-state index in [4.69, 9.17) is 11.6 Å². The summed E-state index contributed by atoms with van der Waals surface area (Å²) in [4.78, 5) is 0. The first-order valence-electron chi connectivity index (χ1n) is 5.59. The molecule has 17 heavy (non-hydrogen) atoms. The number of hydrogen-bond donors (Lipinski definition) is 1. The number of nitrogens with one attached hydrogen (secondary N) is 1. The molecule has 0 saturated heterocycles. The third-order valence-electron chi connectivity index (χ3n) is 2.69. The van der Waals surface area contributed by atoms with Gasteiger partial charge in [0.05, 0.1) is 11.4 Å². The quantitative estimate of drug-likeness (QED) is 0.907. The molecule has 0 fully saturated rings. The lowest BCUT2D eigenvalue weighted by atomic mass is 10.1. The molecule has 0 bridgehead atoms. The minimum atomic E-state index is 0.730. The van der Waals surface area contributed by atoms with Crippen LogP contribution in [-0.4, -0.2) is 16.8 Å². The molecule has 0 unspecified atom stereocenters. The van der Waals surface area contributed by atoms with Gasteiger partial charge in [0.15, 0.2) is 0 Å². The number of rotatable bonds is 3. The highest BCUT2D eigenvalue weighted by molar-refractivity contribution is 6.31. The van der Waals surface area contributed by atoms with Crippen LogP contribution in [0.1, 0.15) is 17.0 Å². The maximum Gasteiger partial charge on any atom is 0.0708 e. The maximum absolute atomic E-state index is 6.24. The zero-order valence-corrected chi connectivity index (χ0v) is 11.0. The molecule has 0 spiro atoms. The number of halogens is 1. The molecule has 4 heteroatoms. The van der Waals surface area contributed by atoms with Gasteiger partial charge in [-0.2, -0.15) is 5.10 Å². The molecule has 0 radical (unpaired) electrons. The van der Waals surface area contributed by atoms with Gasteiger partial charge in [-0.1, -0.05) is 17.7 Å². The van der Waals surface area contributed by atoms with Gasteiger partial charge in [0.25, 0.3) is 0 Å². The zero-order valence-electron chi connectivity index (χ0n) is 10.3. The van der Waals surface area contributed by atoms with E-state index in [1.54, 1.807) is 0 Å². The van der Waals surface area contributed by atoms with Crippen LogP contribution in [0.5, 0.6) is 0 Å². The molecule has 0 aliphatic heterocycles. The van der Waals surface area contributed by atoms with E-state index in [0.717, 1.165) is 34.2 Å². The molecule has 0 atom stereocenters. The molecule has 1 N–H and O–H groups in total.